The lowest BCUT2D eigenvalue weighted by Crippen LogP contribution is -2.55. The van der Waals surface area contributed by atoms with Crippen molar-refractivity contribution in [1.29, 1.82) is 0 Å². The number of methoxy groups -OCH3 is 1. The van der Waals surface area contributed by atoms with E-state index in [0.29, 0.717) is 49.0 Å². The number of ether oxygens (including phenoxy) is 3. The van der Waals surface area contributed by atoms with Crippen molar-refractivity contribution >= 4 is 11.8 Å². The fraction of sp³-hybridized carbons (Fsp3) is 0.333. The Balaban J connectivity index is 1.33. The first-order chi connectivity index (χ1) is 13.7. The summed E-state index contributed by atoms with van der Waals surface area (Å²) in [6.07, 6.45) is -0.654. The molecule has 0 saturated carbocycles. The predicted molar refractivity (Wildman–Crippen MR) is 102 cm³/mol. The number of hydrogen-bond donors (Lipinski definition) is 0. The summed E-state index contributed by atoms with van der Waals surface area (Å²) in [6, 6.07) is 14.4. The molecule has 7 nitrogen and oxygen atoms in total. The Morgan fingerprint density at radius 3 is 2.25 bits per heavy atom. The Labute approximate surface area is 163 Å². The van der Waals surface area contributed by atoms with E-state index in [0.717, 1.165) is 0 Å². The molecule has 2 aliphatic rings. The van der Waals surface area contributed by atoms with Crippen LogP contribution in [0, 0.1) is 0 Å². The van der Waals surface area contributed by atoms with Crippen LogP contribution in [-0.2, 0) is 4.79 Å². The Morgan fingerprint density at radius 1 is 0.929 bits per heavy atom. The second-order valence-electron chi connectivity index (χ2n) is 6.71. The van der Waals surface area contributed by atoms with E-state index in [2.05, 4.69) is 0 Å². The van der Waals surface area contributed by atoms with Gasteiger partial charge in [-0.05, 0) is 36.4 Å². The van der Waals surface area contributed by atoms with E-state index in [1.807, 2.05) is 18.2 Å². The highest BCUT2D eigenvalue weighted by atomic mass is 16.6. The summed E-state index contributed by atoms with van der Waals surface area (Å²) in [4.78, 5) is 28.9. The lowest BCUT2D eigenvalue weighted by molar-refractivity contribution is -0.142. The van der Waals surface area contributed by atoms with Crippen molar-refractivity contribution in [3.63, 3.8) is 0 Å². The summed E-state index contributed by atoms with van der Waals surface area (Å²) in [5.41, 5.74) is 0.612. The average molecular weight is 382 g/mol. The van der Waals surface area contributed by atoms with Gasteiger partial charge < -0.3 is 24.0 Å². The van der Waals surface area contributed by atoms with Crippen LogP contribution in [0.15, 0.2) is 48.5 Å². The molecule has 0 N–H and O–H groups in total. The number of benzene rings is 2. The predicted octanol–water partition coefficient (Wildman–Crippen LogP) is 1.82. The Bertz CT molecular complexity index is 859. The smallest absolute Gasteiger partial charge is 0.267 e. The number of carbonyl (C=O) groups is 2. The molecular weight excluding hydrogens is 360 g/mol. The minimum atomic E-state index is -0.654. The van der Waals surface area contributed by atoms with Crippen LogP contribution < -0.4 is 14.2 Å². The minimum Gasteiger partial charge on any atom is -0.497 e. The molecule has 0 aliphatic carbocycles. The second kappa shape index (κ2) is 7.80. The lowest BCUT2D eigenvalue weighted by atomic mass is 10.1. The van der Waals surface area contributed by atoms with Gasteiger partial charge >= 0.3 is 0 Å². The molecule has 2 aliphatic heterocycles. The largest absolute Gasteiger partial charge is 0.497 e. The standard InChI is InChI=1S/C21H22N2O5/c1-26-16-8-6-15(7-9-16)20(24)22-10-12-23(13-11-22)21(25)19-14-27-17-4-2-3-5-18(17)28-19/h2-9,19H,10-14H2,1H3. The van der Waals surface area contributed by atoms with Crippen LogP contribution in [0.1, 0.15) is 10.4 Å². The zero-order valence-electron chi connectivity index (χ0n) is 15.7. The van der Waals surface area contributed by atoms with Crippen LogP contribution in [0.4, 0.5) is 0 Å². The molecule has 0 bridgehead atoms. The van der Waals surface area contributed by atoms with E-state index in [1.165, 1.54) is 0 Å². The Hall–Kier alpha value is -3.22. The second-order valence-corrected chi connectivity index (χ2v) is 6.71. The normalized spacial score (nSPS) is 18.5. The van der Waals surface area contributed by atoms with E-state index in [-0.39, 0.29) is 18.4 Å². The number of rotatable bonds is 3. The molecule has 1 fully saturated rings. The van der Waals surface area contributed by atoms with E-state index >= 15 is 0 Å². The topological polar surface area (TPSA) is 68.3 Å². The lowest BCUT2D eigenvalue weighted by Gasteiger charge is -2.37. The highest BCUT2D eigenvalue weighted by molar-refractivity contribution is 5.94. The van der Waals surface area contributed by atoms with Crippen LogP contribution in [0.25, 0.3) is 0 Å². The molecule has 0 radical (unpaired) electrons. The molecular formula is C21H22N2O5. The maximum Gasteiger partial charge on any atom is 0.267 e. The molecule has 0 aromatic heterocycles. The highest BCUT2D eigenvalue weighted by Gasteiger charge is 2.33. The van der Waals surface area contributed by atoms with Crippen molar-refractivity contribution in [3.8, 4) is 17.2 Å². The number of para-hydroxylation sites is 2. The van der Waals surface area contributed by atoms with Crippen molar-refractivity contribution < 1.29 is 23.8 Å². The first kappa shape index (κ1) is 18.2. The molecule has 28 heavy (non-hydrogen) atoms. The summed E-state index contributed by atoms with van der Waals surface area (Å²) >= 11 is 0. The maximum atomic E-state index is 12.8. The van der Waals surface area contributed by atoms with Crippen molar-refractivity contribution in [2.45, 2.75) is 6.10 Å². The van der Waals surface area contributed by atoms with Gasteiger partial charge in [0.1, 0.15) is 12.4 Å². The molecule has 146 valence electrons. The highest BCUT2D eigenvalue weighted by Crippen LogP contribution is 2.31. The maximum absolute atomic E-state index is 12.8. The Kier molecular flexibility index (Phi) is 5.06. The van der Waals surface area contributed by atoms with Gasteiger partial charge in [-0.15, -0.1) is 0 Å². The third-order valence-corrected chi connectivity index (χ3v) is 5.00. The average Bonchev–Trinajstić information content (AvgIpc) is 2.78. The Morgan fingerprint density at radius 2 is 1.57 bits per heavy atom. The molecule has 7 heteroatoms. The third kappa shape index (κ3) is 3.60. The molecule has 1 unspecified atom stereocenters. The van der Waals surface area contributed by atoms with E-state index in [9.17, 15) is 9.59 Å². The first-order valence-corrected chi connectivity index (χ1v) is 9.26. The molecule has 1 atom stereocenters. The summed E-state index contributed by atoms with van der Waals surface area (Å²) in [7, 11) is 1.59. The summed E-state index contributed by atoms with van der Waals surface area (Å²) < 4.78 is 16.6. The fourth-order valence-corrected chi connectivity index (χ4v) is 3.39. The van der Waals surface area contributed by atoms with Crippen molar-refractivity contribution in [1.82, 2.24) is 9.80 Å². The van der Waals surface area contributed by atoms with Gasteiger partial charge in [-0.3, -0.25) is 9.59 Å². The number of nitrogens with zero attached hydrogens (tertiary/aromatic N) is 2. The molecule has 2 heterocycles. The van der Waals surface area contributed by atoms with Crippen molar-refractivity contribution in [2.75, 3.05) is 39.9 Å². The van der Waals surface area contributed by atoms with Gasteiger partial charge in [0.05, 0.1) is 7.11 Å². The van der Waals surface area contributed by atoms with Crippen molar-refractivity contribution in [3.05, 3.63) is 54.1 Å². The number of fused-ring (bicyclic) bond motifs is 1. The van der Waals surface area contributed by atoms with Crippen LogP contribution in [0.5, 0.6) is 17.2 Å². The van der Waals surface area contributed by atoms with Crippen LogP contribution in [0.2, 0.25) is 0 Å². The molecule has 0 spiro atoms. The zero-order valence-corrected chi connectivity index (χ0v) is 15.7. The molecule has 4 rings (SSSR count). The van der Waals surface area contributed by atoms with Crippen molar-refractivity contribution in [2.24, 2.45) is 0 Å². The van der Waals surface area contributed by atoms with Gasteiger partial charge in [0, 0.05) is 31.7 Å². The molecule has 2 aromatic carbocycles. The van der Waals surface area contributed by atoms with Gasteiger partial charge in [-0.25, -0.2) is 0 Å². The van der Waals surface area contributed by atoms with Gasteiger partial charge in [-0.2, -0.15) is 0 Å². The van der Waals surface area contributed by atoms with E-state index in [4.69, 9.17) is 14.2 Å². The monoisotopic (exact) mass is 382 g/mol. The minimum absolute atomic E-state index is 0.0408. The van der Waals surface area contributed by atoms with Gasteiger partial charge in [0.15, 0.2) is 11.5 Å². The summed E-state index contributed by atoms with van der Waals surface area (Å²) in [5, 5.41) is 0. The fourth-order valence-electron chi connectivity index (χ4n) is 3.39. The van der Waals surface area contributed by atoms with Gasteiger partial charge in [-0.1, -0.05) is 12.1 Å². The van der Waals surface area contributed by atoms with E-state index in [1.54, 1.807) is 47.2 Å². The molecule has 2 amide bonds. The number of amides is 2. The van der Waals surface area contributed by atoms with Gasteiger partial charge in [0.2, 0.25) is 6.10 Å². The van der Waals surface area contributed by atoms with Crippen LogP contribution in [0.3, 0.4) is 0 Å². The summed E-state index contributed by atoms with van der Waals surface area (Å²) in [5.74, 6) is 1.80. The molecule has 1 saturated heterocycles. The quantitative estimate of drug-likeness (QED) is 0.810. The number of carbonyl (C=O) groups excluding carboxylic acids is 2. The first-order valence-electron chi connectivity index (χ1n) is 9.26. The van der Waals surface area contributed by atoms with Gasteiger partial charge in [0.25, 0.3) is 11.8 Å². The van der Waals surface area contributed by atoms with E-state index < -0.39 is 6.10 Å². The molecule has 2 aromatic rings. The zero-order chi connectivity index (χ0) is 19.5. The van der Waals surface area contributed by atoms with Crippen LogP contribution >= 0.6 is 0 Å². The number of piperazine rings is 1. The number of hydrogen-bond acceptors (Lipinski definition) is 5. The summed E-state index contributed by atoms with van der Waals surface area (Å²) in [6.45, 7) is 2.12. The third-order valence-electron chi connectivity index (χ3n) is 5.00. The SMILES string of the molecule is COc1ccc(C(=O)N2CCN(C(=O)C3COc4ccccc4O3)CC2)cc1. The van der Waals surface area contributed by atoms with Crippen LogP contribution in [-0.4, -0.2) is 67.6 Å².